The van der Waals surface area contributed by atoms with Crippen molar-refractivity contribution < 1.29 is 18.0 Å². The van der Waals surface area contributed by atoms with Crippen molar-refractivity contribution in [2.45, 2.75) is 5.03 Å². The van der Waals surface area contributed by atoms with Gasteiger partial charge in [-0.3, -0.25) is 9.59 Å². The molecule has 5 nitrogen and oxygen atoms in total. The third-order valence-electron chi connectivity index (χ3n) is 1.35. The van der Waals surface area contributed by atoms with Gasteiger partial charge in [0.05, 0.1) is 0 Å². The van der Waals surface area contributed by atoms with Crippen LogP contribution in [-0.4, -0.2) is 26.0 Å². The Bertz CT molecular complexity index is 456. The standard InChI is InChI=1S/C7H4ClNO4S/c8-14(12,13)7-2-5(3-10)1-6(4-11)9-7/h1-4H. The van der Waals surface area contributed by atoms with E-state index in [0.717, 1.165) is 12.1 Å². The van der Waals surface area contributed by atoms with Crippen molar-refractivity contribution >= 4 is 32.3 Å². The first-order chi connectivity index (χ1) is 6.47. The highest BCUT2D eigenvalue weighted by Gasteiger charge is 2.13. The van der Waals surface area contributed by atoms with Crippen molar-refractivity contribution in [1.29, 1.82) is 0 Å². The van der Waals surface area contributed by atoms with Gasteiger partial charge in [0.1, 0.15) is 12.0 Å². The summed E-state index contributed by atoms with van der Waals surface area (Å²) in [4.78, 5) is 24.1. The van der Waals surface area contributed by atoms with Crippen molar-refractivity contribution in [3.63, 3.8) is 0 Å². The van der Waals surface area contributed by atoms with Gasteiger partial charge < -0.3 is 0 Å². The number of rotatable bonds is 3. The zero-order chi connectivity index (χ0) is 10.8. The highest BCUT2D eigenvalue weighted by Crippen LogP contribution is 2.13. The summed E-state index contributed by atoms with van der Waals surface area (Å²) in [7, 11) is 0.970. The zero-order valence-corrected chi connectivity index (χ0v) is 8.25. The Labute approximate surface area is 84.1 Å². The Morgan fingerprint density at radius 3 is 2.29 bits per heavy atom. The molecule has 1 aromatic rings. The van der Waals surface area contributed by atoms with Gasteiger partial charge in [-0.15, -0.1) is 0 Å². The van der Waals surface area contributed by atoms with E-state index in [2.05, 4.69) is 4.98 Å². The fraction of sp³-hybridized carbons (Fsp3) is 0. The lowest BCUT2D eigenvalue weighted by Gasteiger charge is -1.97. The average Bonchev–Trinajstić information content (AvgIpc) is 2.15. The van der Waals surface area contributed by atoms with E-state index in [9.17, 15) is 18.0 Å². The molecule has 0 bridgehead atoms. The molecule has 7 heteroatoms. The van der Waals surface area contributed by atoms with Crippen LogP contribution in [0.1, 0.15) is 20.8 Å². The number of pyridine rings is 1. The van der Waals surface area contributed by atoms with E-state index >= 15 is 0 Å². The van der Waals surface area contributed by atoms with Crippen LogP contribution in [0.4, 0.5) is 0 Å². The molecule has 0 radical (unpaired) electrons. The first-order valence-electron chi connectivity index (χ1n) is 3.34. The lowest BCUT2D eigenvalue weighted by atomic mass is 10.2. The topological polar surface area (TPSA) is 81.2 Å². The smallest absolute Gasteiger partial charge is 0.278 e. The molecule has 0 aliphatic rings. The Kier molecular flexibility index (Phi) is 2.97. The van der Waals surface area contributed by atoms with Crippen molar-refractivity contribution in [3.8, 4) is 0 Å². The Morgan fingerprint density at radius 1 is 1.21 bits per heavy atom. The summed E-state index contributed by atoms with van der Waals surface area (Å²) >= 11 is 0. The molecule has 74 valence electrons. The largest absolute Gasteiger partial charge is 0.298 e. The number of halogens is 1. The van der Waals surface area contributed by atoms with Gasteiger partial charge in [0.2, 0.25) is 0 Å². The van der Waals surface area contributed by atoms with E-state index in [1.54, 1.807) is 0 Å². The van der Waals surface area contributed by atoms with Crippen LogP contribution >= 0.6 is 10.7 Å². The van der Waals surface area contributed by atoms with Crippen LogP contribution in [0.2, 0.25) is 0 Å². The summed E-state index contributed by atoms with van der Waals surface area (Å²) in [5.41, 5.74) is -0.129. The van der Waals surface area contributed by atoms with Gasteiger partial charge in [-0.1, -0.05) is 0 Å². The quantitative estimate of drug-likeness (QED) is 0.565. The van der Waals surface area contributed by atoms with Gasteiger partial charge in [0, 0.05) is 16.2 Å². The Morgan fingerprint density at radius 2 is 1.86 bits per heavy atom. The first-order valence-corrected chi connectivity index (χ1v) is 5.65. The van der Waals surface area contributed by atoms with Crippen LogP contribution in [0.3, 0.4) is 0 Å². The minimum atomic E-state index is -4.02. The summed E-state index contributed by atoms with van der Waals surface area (Å²) in [6.45, 7) is 0. The van der Waals surface area contributed by atoms with Crippen molar-refractivity contribution in [2.24, 2.45) is 0 Å². The third-order valence-corrected chi connectivity index (χ3v) is 2.53. The Balaban J connectivity index is 3.46. The molecule has 0 atom stereocenters. The van der Waals surface area contributed by atoms with Gasteiger partial charge in [-0.2, -0.15) is 0 Å². The number of aldehydes is 2. The van der Waals surface area contributed by atoms with Gasteiger partial charge in [-0.05, 0) is 12.1 Å². The second kappa shape index (κ2) is 3.85. The number of carbonyl (C=O) groups is 2. The molecule has 1 rings (SSSR count). The average molecular weight is 234 g/mol. The van der Waals surface area contributed by atoms with Gasteiger partial charge in [0.15, 0.2) is 11.3 Å². The first kappa shape index (κ1) is 10.8. The minimum Gasteiger partial charge on any atom is -0.298 e. The molecule has 1 aromatic heterocycles. The molecule has 0 saturated carbocycles. The molecule has 0 aromatic carbocycles. The maximum absolute atomic E-state index is 10.8. The molecule has 1 heterocycles. The molecule has 0 amide bonds. The summed E-state index contributed by atoms with van der Waals surface area (Å²) in [5.74, 6) is 0. The van der Waals surface area contributed by atoms with Gasteiger partial charge >= 0.3 is 0 Å². The lowest BCUT2D eigenvalue weighted by Crippen LogP contribution is -2.00. The Hall–Kier alpha value is -1.27. The summed E-state index contributed by atoms with van der Waals surface area (Å²) in [6, 6.07) is 2.15. The monoisotopic (exact) mass is 233 g/mol. The number of hydrogen-bond donors (Lipinski definition) is 0. The van der Waals surface area contributed by atoms with E-state index in [-0.39, 0.29) is 11.3 Å². The van der Waals surface area contributed by atoms with Crippen LogP contribution in [0.15, 0.2) is 17.2 Å². The minimum absolute atomic E-state index is 0.0290. The predicted molar refractivity (Wildman–Crippen MR) is 48.1 cm³/mol. The van der Waals surface area contributed by atoms with Crippen LogP contribution in [-0.2, 0) is 9.05 Å². The molecule has 14 heavy (non-hydrogen) atoms. The molecule has 0 unspecified atom stereocenters. The molecular weight excluding hydrogens is 230 g/mol. The van der Waals surface area contributed by atoms with Crippen molar-refractivity contribution in [1.82, 2.24) is 4.98 Å². The van der Waals surface area contributed by atoms with Crippen LogP contribution in [0, 0.1) is 0 Å². The number of aromatic nitrogens is 1. The second-order valence-corrected chi connectivity index (χ2v) is 4.85. The number of hydrogen-bond acceptors (Lipinski definition) is 5. The molecule has 0 fully saturated rings. The van der Waals surface area contributed by atoms with E-state index in [1.165, 1.54) is 0 Å². The van der Waals surface area contributed by atoms with Gasteiger partial charge in [-0.25, -0.2) is 13.4 Å². The fourth-order valence-electron chi connectivity index (χ4n) is 0.800. The molecule has 0 saturated heterocycles. The van der Waals surface area contributed by atoms with E-state index < -0.39 is 14.1 Å². The van der Waals surface area contributed by atoms with Crippen LogP contribution < -0.4 is 0 Å². The maximum Gasteiger partial charge on any atom is 0.278 e. The van der Waals surface area contributed by atoms with Crippen molar-refractivity contribution in [2.75, 3.05) is 0 Å². The summed E-state index contributed by atoms with van der Waals surface area (Å²) < 4.78 is 21.7. The summed E-state index contributed by atoms with van der Waals surface area (Å²) in [6.07, 6.45) is 0.735. The molecule has 0 aliphatic carbocycles. The second-order valence-electron chi connectivity index (χ2n) is 2.34. The predicted octanol–water partition coefficient (Wildman–Crippen LogP) is 0.634. The van der Waals surface area contributed by atoms with Gasteiger partial charge in [0.25, 0.3) is 9.05 Å². The highest BCUT2D eigenvalue weighted by molar-refractivity contribution is 8.13. The number of carbonyl (C=O) groups excluding carboxylic acids is 2. The third kappa shape index (κ3) is 2.36. The van der Waals surface area contributed by atoms with Crippen LogP contribution in [0.5, 0.6) is 0 Å². The lowest BCUT2D eigenvalue weighted by molar-refractivity contribution is 0.111. The van der Waals surface area contributed by atoms with Crippen LogP contribution in [0.25, 0.3) is 0 Å². The highest BCUT2D eigenvalue weighted by atomic mass is 35.7. The molecular formula is C7H4ClNO4S. The fourth-order valence-corrected chi connectivity index (χ4v) is 1.53. The number of nitrogens with zero attached hydrogens (tertiary/aromatic N) is 1. The van der Waals surface area contributed by atoms with E-state index in [4.69, 9.17) is 10.7 Å². The summed E-state index contributed by atoms with van der Waals surface area (Å²) in [5, 5.41) is -0.508. The molecule has 0 N–H and O–H groups in total. The SMILES string of the molecule is O=Cc1cc(C=O)nc(S(=O)(=O)Cl)c1. The van der Waals surface area contributed by atoms with E-state index in [1.807, 2.05) is 0 Å². The van der Waals surface area contributed by atoms with E-state index in [0.29, 0.717) is 12.6 Å². The van der Waals surface area contributed by atoms with Crippen molar-refractivity contribution in [3.05, 3.63) is 23.4 Å². The zero-order valence-electron chi connectivity index (χ0n) is 6.68. The normalized spacial score (nSPS) is 10.9. The maximum atomic E-state index is 10.8. The molecule has 0 aliphatic heterocycles. The molecule has 0 spiro atoms.